The van der Waals surface area contributed by atoms with Gasteiger partial charge in [0.05, 0.1) is 5.69 Å². The lowest BCUT2D eigenvalue weighted by Gasteiger charge is -2.38. The summed E-state index contributed by atoms with van der Waals surface area (Å²) >= 11 is 0. The molecule has 0 radical (unpaired) electrons. The molecule has 28 heavy (non-hydrogen) atoms. The molecule has 2 aliphatic heterocycles. The zero-order chi connectivity index (χ0) is 19.7. The second-order valence-electron chi connectivity index (χ2n) is 7.91. The van der Waals surface area contributed by atoms with Crippen LogP contribution in [-0.4, -0.2) is 49.2 Å². The lowest BCUT2D eigenvalue weighted by Crippen LogP contribution is -2.48. The van der Waals surface area contributed by atoms with Gasteiger partial charge in [0.15, 0.2) is 0 Å². The molecule has 0 bridgehead atoms. The number of piperazine rings is 1. The van der Waals surface area contributed by atoms with Crippen molar-refractivity contribution in [2.24, 2.45) is 4.99 Å². The predicted octanol–water partition coefficient (Wildman–Crippen LogP) is 3.96. The molecule has 0 aliphatic carbocycles. The van der Waals surface area contributed by atoms with E-state index >= 15 is 0 Å². The van der Waals surface area contributed by atoms with Crippen LogP contribution in [0.3, 0.4) is 0 Å². The lowest BCUT2D eigenvalue weighted by atomic mass is 9.97. The molecule has 1 atom stereocenters. The maximum absolute atomic E-state index is 12.3. The quantitative estimate of drug-likeness (QED) is 0.822. The molecule has 1 unspecified atom stereocenters. The van der Waals surface area contributed by atoms with Crippen molar-refractivity contribution in [3.63, 3.8) is 0 Å². The fraction of sp³-hybridized carbons (Fsp3) is 0.391. The molecule has 0 saturated carbocycles. The minimum atomic E-state index is -0.319. The van der Waals surface area contributed by atoms with Gasteiger partial charge in [-0.1, -0.05) is 12.1 Å². The summed E-state index contributed by atoms with van der Waals surface area (Å²) in [5.41, 5.74) is 5.16. The largest absolute Gasteiger partial charge is 0.369 e. The van der Waals surface area contributed by atoms with Gasteiger partial charge in [0.25, 0.3) is 0 Å². The number of anilines is 2. The monoisotopic (exact) mass is 376 g/mol. The van der Waals surface area contributed by atoms with E-state index in [1.54, 1.807) is 6.21 Å². The molecular weight excluding hydrogens is 348 g/mol. The zero-order valence-corrected chi connectivity index (χ0v) is 16.9. The number of aliphatic imine (C=N–C) groups is 1. The fourth-order valence-corrected chi connectivity index (χ4v) is 4.09. The molecule has 2 aliphatic rings. The average Bonchev–Trinajstić information content (AvgIpc) is 3.03. The number of nitrogens with one attached hydrogen (secondary N) is 1. The number of aryl methyl sites for hydroxylation is 1. The number of rotatable bonds is 4. The minimum absolute atomic E-state index is 0.00677. The Morgan fingerprint density at radius 1 is 1.07 bits per heavy atom. The summed E-state index contributed by atoms with van der Waals surface area (Å²) in [5, 5.41) is 2.95. The minimum Gasteiger partial charge on any atom is -0.369 e. The molecule has 1 N–H and O–H groups in total. The number of hydrogen-bond acceptors (Lipinski definition) is 4. The van der Waals surface area contributed by atoms with E-state index in [1.807, 2.05) is 37.3 Å². The molecule has 2 aromatic carbocycles. The number of carbonyl (C=O) groups is 1. The number of fused-ring (bicyclic) bond motifs is 1. The molecular formula is C23H28N4O. The Bertz CT molecular complexity index is 880. The van der Waals surface area contributed by atoms with Gasteiger partial charge < -0.3 is 10.2 Å². The number of nitrogens with zero attached hydrogens (tertiary/aromatic N) is 3. The number of hydrogen-bond donors (Lipinski definition) is 1. The smallest absolute Gasteiger partial charge is 0.237 e. The van der Waals surface area contributed by atoms with Crippen molar-refractivity contribution in [3.05, 3.63) is 53.6 Å². The van der Waals surface area contributed by atoms with Crippen LogP contribution < -0.4 is 10.2 Å². The molecule has 146 valence electrons. The van der Waals surface area contributed by atoms with Crippen molar-refractivity contribution >= 4 is 29.2 Å². The van der Waals surface area contributed by atoms with Gasteiger partial charge in [-0.15, -0.1) is 0 Å². The Labute approximate surface area is 167 Å². The highest BCUT2D eigenvalue weighted by molar-refractivity contribution is 6.13. The first-order valence-electron chi connectivity index (χ1n) is 10.1. The van der Waals surface area contributed by atoms with Gasteiger partial charge in [-0.2, -0.15) is 0 Å². The summed E-state index contributed by atoms with van der Waals surface area (Å²) < 4.78 is 0. The van der Waals surface area contributed by atoms with E-state index in [2.05, 4.69) is 46.1 Å². The van der Waals surface area contributed by atoms with Gasteiger partial charge in [0, 0.05) is 49.8 Å². The van der Waals surface area contributed by atoms with Crippen LogP contribution in [0.2, 0.25) is 0 Å². The molecule has 4 rings (SSSR count). The molecule has 2 heterocycles. The highest BCUT2D eigenvalue weighted by atomic mass is 16.2. The molecule has 0 aromatic heterocycles. The van der Waals surface area contributed by atoms with Crippen LogP contribution >= 0.6 is 0 Å². The molecule has 1 fully saturated rings. The van der Waals surface area contributed by atoms with Crippen molar-refractivity contribution in [3.8, 4) is 0 Å². The normalized spacial score (nSPS) is 20.1. The summed E-state index contributed by atoms with van der Waals surface area (Å²) in [4.78, 5) is 21.9. The maximum atomic E-state index is 12.3. The number of benzene rings is 2. The van der Waals surface area contributed by atoms with Crippen molar-refractivity contribution in [2.45, 2.75) is 32.7 Å². The predicted molar refractivity (Wildman–Crippen MR) is 116 cm³/mol. The summed E-state index contributed by atoms with van der Waals surface area (Å²) in [6.45, 7) is 10.9. The first-order chi connectivity index (χ1) is 13.5. The Morgan fingerprint density at radius 2 is 1.79 bits per heavy atom. The summed E-state index contributed by atoms with van der Waals surface area (Å²) in [6, 6.07) is 14.9. The van der Waals surface area contributed by atoms with Gasteiger partial charge in [0.1, 0.15) is 5.92 Å². The number of amides is 1. The number of carbonyl (C=O) groups excluding carboxylic acids is 1. The summed E-state index contributed by atoms with van der Waals surface area (Å²) in [6.07, 6.45) is 1.77. The summed E-state index contributed by atoms with van der Waals surface area (Å²) in [5.74, 6) is -0.326. The van der Waals surface area contributed by atoms with Gasteiger partial charge in [-0.3, -0.25) is 14.7 Å². The molecule has 0 spiro atoms. The zero-order valence-electron chi connectivity index (χ0n) is 16.9. The highest BCUT2D eigenvalue weighted by Crippen LogP contribution is 2.34. The second kappa shape index (κ2) is 7.76. The van der Waals surface area contributed by atoms with E-state index in [0.29, 0.717) is 6.04 Å². The average molecular weight is 377 g/mol. The standard InChI is InChI=1S/C23H28N4O/c1-16(2)26-11-13-27(14-12-26)19-9-7-18(8-10-19)24-15-20-22-17(3)5-4-6-21(22)25-23(20)28/h4-10,15-16,20H,11-14H2,1-3H3,(H,25,28). The van der Waals surface area contributed by atoms with Crippen LogP contribution in [0, 0.1) is 6.92 Å². The van der Waals surface area contributed by atoms with Crippen molar-refractivity contribution in [2.75, 3.05) is 36.4 Å². The van der Waals surface area contributed by atoms with Crippen LogP contribution in [0.15, 0.2) is 47.5 Å². The lowest BCUT2D eigenvalue weighted by molar-refractivity contribution is -0.115. The third kappa shape index (κ3) is 3.67. The van der Waals surface area contributed by atoms with Gasteiger partial charge in [0.2, 0.25) is 5.91 Å². The maximum Gasteiger partial charge on any atom is 0.237 e. The third-order valence-electron chi connectivity index (χ3n) is 5.81. The van der Waals surface area contributed by atoms with Crippen molar-refractivity contribution in [1.29, 1.82) is 0 Å². The van der Waals surface area contributed by atoms with E-state index in [0.717, 1.165) is 48.7 Å². The Kier molecular flexibility index (Phi) is 5.18. The molecule has 5 heteroatoms. The van der Waals surface area contributed by atoms with Crippen molar-refractivity contribution in [1.82, 2.24) is 4.90 Å². The van der Waals surface area contributed by atoms with Crippen LogP contribution in [0.25, 0.3) is 0 Å². The Morgan fingerprint density at radius 3 is 2.46 bits per heavy atom. The first-order valence-corrected chi connectivity index (χ1v) is 10.1. The van der Waals surface area contributed by atoms with E-state index in [1.165, 1.54) is 5.69 Å². The van der Waals surface area contributed by atoms with Gasteiger partial charge >= 0.3 is 0 Å². The van der Waals surface area contributed by atoms with E-state index in [4.69, 9.17) is 0 Å². The first kappa shape index (κ1) is 18.7. The highest BCUT2D eigenvalue weighted by Gasteiger charge is 2.30. The van der Waals surface area contributed by atoms with E-state index in [9.17, 15) is 4.79 Å². The third-order valence-corrected chi connectivity index (χ3v) is 5.81. The molecule has 2 aromatic rings. The van der Waals surface area contributed by atoms with Crippen LogP contribution in [0.1, 0.15) is 30.9 Å². The molecule has 5 nitrogen and oxygen atoms in total. The van der Waals surface area contributed by atoms with Crippen LogP contribution in [0.5, 0.6) is 0 Å². The summed E-state index contributed by atoms with van der Waals surface area (Å²) in [7, 11) is 0. The topological polar surface area (TPSA) is 47.9 Å². The Balaban J connectivity index is 1.44. The SMILES string of the molecule is Cc1cccc2c1C(C=Nc1ccc(N3CCN(C(C)C)CC3)cc1)C(=O)N2. The van der Waals surface area contributed by atoms with Gasteiger partial charge in [-0.05, 0) is 62.2 Å². The van der Waals surface area contributed by atoms with Gasteiger partial charge in [-0.25, -0.2) is 0 Å². The van der Waals surface area contributed by atoms with Crippen molar-refractivity contribution < 1.29 is 4.79 Å². The fourth-order valence-electron chi connectivity index (χ4n) is 4.09. The van der Waals surface area contributed by atoms with Crippen LogP contribution in [0.4, 0.5) is 17.1 Å². The molecule has 1 saturated heterocycles. The molecule has 1 amide bonds. The van der Waals surface area contributed by atoms with E-state index in [-0.39, 0.29) is 11.8 Å². The second-order valence-corrected chi connectivity index (χ2v) is 7.91. The van der Waals surface area contributed by atoms with Crippen LogP contribution in [-0.2, 0) is 4.79 Å². The Hall–Kier alpha value is -2.66. The van der Waals surface area contributed by atoms with E-state index < -0.39 is 0 Å².